The van der Waals surface area contributed by atoms with Crippen LogP contribution < -0.4 is 5.32 Å². The average molecular weight is 284 g/mol. The first-order valence-electron chi connectivity index (χ1n) is 8.59. The molecule has 3 heteroatoms. The predicted molar refractivity (Wildman–Crippen MR) is 87.0 cm³/mol. The molecule has 0 bridgehead atoms. The normalized spacial score (nSPS) is 27.4. The van der Waals surface area contributed by atoms with Crippen LogP contribution in [-0.4, -0.2) is 48.3 Å². The van der Waals surface area contributed by atoms with Crippen molar-refractivity contribution in [3.63, 3.8) is 0 Å². The van der Waals surface area contributed by atoms with Gasteiger partial charge in [-0.25, -0.2) is 0 Å². The van der Waals surface area contributed by atoms with Gasteiger partial charge < -0.3 is 15.3 Å². The van der Waals surface area contributed by atoms with Gasteiger partial charge in [-0.1, -0.05) is 27.2 Å². The van der Waals surface area contributed by atoms with E-state index in [1.54, 1.807) is 0 Å². The fourth-order valence-electron chi connectivity index (χ4n) is 3.05. The Morgan fingerprint density at radius 2 is 2.00 bits per heavy atom. The van der Waals surface area contributed by atoms with Crippen LogP contribution in [0.3, 0.4) is 0 Å². The summed E-state index contributed by atoms with van der Waals surface area (Å²) in [6.45, 7) is 14.1. The first-order valence-corrected chi connectivity index (χ1v) is 8.59. The van der Waals surface area contributed by atoms with Crippen LogP contribution >= 0.6 is 0 Å². The van der Waals surface area contributed by atoms with E-state index < -0.39 is 0 Å². The van der Waals surface area contributed by atoms with E-state index in [1.807, 2.05) is 0 Å². The summed E-state index contributed by atoms with van der Waals surface area (Å²) in [5, 5.41) is 13.0. The van der Waals surface area contributed by atoms with Crippen molar-refractivity contribution in [2.45, 2.75) is 65.3 Å². The Morgan fingerprint density at radius 1 is 1.25 bits per heavy atom. The minimum atomic E-state index is -0.0836. The van der Waals surface area contributed by atoms with Crippen molar-refractivity contribution in [3.8, 4) is 0 Å². The van der Waals surface area contributed by atoms with Gasteiger partial charge in [-0.15, -0.1) is 0 Å². The monoisotopic (exact) mass is 284 g/mol. The van der Waals surface area contributed by atoms with Crippen molar-refractivity contribution < 1.29 is 5.11 Å². The molecule has 0 saturated carbocycles. The van der Waals surface area contributed by atoms with E-state index in [1.165, 1.54) is 38.9 Å². The molecular formula is C17H36N2O. The second-order valence-electron chi connectivity index (χ2n) is 7.15. The van der Waals surface area contributed by atoms with Gasteiger partial charge in [0.1, 0.15) is 0 Å². The number of nitrogens with one attached hydrogen (secondary N) is 1. The second kappa shape index (κ2) is 9.01. The first kappa shape index (κ1) is 17.9. The molecule has 0 spiro atoms. The third-order valence-corrected chi connectivity index (χ3v) is 5.02. The molecule has 1 heterocycles. The number of nitrogens with zero attached hydrogens (tertiary/aromatic N) is 1. The summed E-state index contributed by atoms with van der Waals surface area (Å²) >= 11 is 0. The molecule has 1 rings (SSSR count). The maximum Gasteiger partial charge on any atom is 0.0610 e. The minimum absolute atomic E-state index is 0.0836. The molecular weight excluding hydrogens is 248 g/mol. The Morgan fingerprint density at radius 3 is 2.60 bits per heavy atom. The Labute approximate surface area is 126 Å². The lowest BCUT2D eigenvalue weighted by atomic mass is 9.88. The minimum Gasteiger partial charge on any atom is -0.394 e. The van der Waals surface area contributed by atoms with Crippen LogP contribution in [-0.2, 0) is 0 Å². The molecule has 20 heavy (non-hydrogen) atoms. The van der Waals surface area contributed by atoms with Crippen LogP contribution in [0.25, 0.3) is 0 Å². The van der Waals surface area contributed by atoms with Gasteiger partial charge in [0, 0.05) is 12.1 Å². The number of likely N-dealkylation sites (tertiary alicyclic amines) is 1. The van der Waals surface area contributed by atoms with Crippen LogP contribution in [0.15, 0.2) is 0 Å². The highest BCUT2D eigenvalue weighted by Gasteiger charge is 2.23. The van der Waals surface area contributed by atoms with Gasteiger partial charge in [0.05, 0.1) is 6.61 Å². The summed E-state index contributed by atoms with van der Waals surface area (Å²) in [6, 6.07) is 0. The zero-order valence-electron chi connectivity index (χ0n) is 14.1. The Kier molecular flexibility index (Phi) is 8.08. The van der Waals surface area contributed by atoms with Crippen LogP contribution in [0.5, 0.6) is 0 Å². The Balaban J connectivity index is 2.17. The zero-order chi connectivity index (χ0) is 15.0. The Bertz CT molecular complexity index is 259. The van der Waals surface area contributed by atoms with Crippen LogP contribution in [0.4, 0.5) is 0 Å². The number of unbranched alkanes of at least 4 members (excludes halogenated alkanes) is 1. The van der Waals surface area contributed by atoms with E-state index in [9.17, 15) is 5.11 Å². The van der Waals surface area contributed by atoms with Crippen LogP contribution in [0.1, 0.15) is 59.8 Å². The van der Waals surface area contributed by atoms with E-state index in [0.717, 1.165) is 31.2 Å². The quantitative estimate of drug-likeness (QED) is 0.639. The molecule has 0 aromatic carbocycles. The molecule has 120 valence electrons. The number of rotatable bonds is 9. The molecule has 3 unspecified atom stereocenters. The van der Waals surface area contributed by atoms with E-state index in [4.69, 9.17) is 0 Å². The second-order valence-corrected chi connectivity index (χ2v) is 7.15. The van der Waals surface area contributed by atoms with Gasteiger partial charge in [-0.3, -0.25) is 0 Å². The first-order chi connectivity index (χ1) is 9.50. The van der Waals surface area contributed by atoms with Crippen molar-refractivity contribution in [2.24, 2.45) is 11.8 Å². The van der Waals surface area contributed by atoms with E-state index in [2.05, 4.69) is 37.9 Å². The summed E-state index contributed by atoms with van der Waals surface area (Å²) in [6.07, 6.45) is 6.01. The standard InChI is InChI=1S/C17H36N2O/c1-5-10-18-17(4,14-20)9-6-7-11-19-12-8-15(2)16(3)13-19/h15-16,18,20H,5-14H2,1-4H3. The third-order valence-electron chi connectivity index (χ3n) is 5.02. The summed E-state index contributed by atoms with van der Waals surface area (Å²) in [7, 11) is 0. The molecule has 0 aliphatic carbocycles. The smallest absolute Gasteiger partial charge is 0.0610 e. The topological polar surface area (TPSA) is 35.5 Å². The summed E-state index contributed by atoms with van der Waals surface area (Å²) in [4.78, 5) is 2.63. The van der Waals surface area contributed by atoms with Gasteiger partial charge in [0.2, 0.25) is 0 Å². The van der Waals surface area contributed by atoms with Crippen molar-refractivity contribution in [2.75, 3.05) is 32.8 Å². The van der Waals surface area contributed by atoms with E-state index in [0.29, 0.717) is 0 Å². The number of hydrogen-bond acceptors (Lipinski definition) is 3. The van der Waals surface area contributed by atoms with Gasteiger partial charge >= 0.3 is 0 Å². The lowest BCUT2D eigenvalue weighted by Crippen LogP contribution is -2.46. The highest BCUT2D eigenvalue weighted by molar-refractivity contribution is 4.82. The molecule has 1 aliphatic rings. The van der Waals surface area contributed by atoms with Crippen molar-refractivity contribution in [1.82, 2.24) is 10.2 Å². The fourth-order valence-corrected chi connectivity index (χ4v) is 3.05. The molecule has 3 atom stereocenters. The van der Waals surface area contributed by atoms with Gasteiger partial charge in [-0.05, 0) is 64.1 Å². The van der Waals surface area contributed by atoms with Crippen LogP contribution in [0, 0.1) is 11.8 Å². The molecule has 0 radical (unpaired) electrons. The maximum atomic E-state index is 9.55. The maximum absolute atomic E-state index is 9.55. The lowest BCUT2D eigenvalue weighted by molar-refractivity contribution is 0.131. The molecule has 2 N–H and O–H groups in total. The summed E-state index contributed by atoms with van der Waals surface area (Å²) in [5.74, 6) is 1.74. The molecule has 0 aromatic heterocycles. The molecule has 3 nitrogen and oxygen atoms in total. The molecule has 0 amide bonds. The van der Waals surface area contributed by atoms with Gasteiger partial charge in [0.15, 0.2) is 0 Å². The SMILES string of the molecule is CCCNC(C)(CO)CCCCN1CCC(C)C(C)C1. The van der Waals surface area contributed by atoms with Crippen molar-refractivity contribution in [1.29, 1.82) is 0 Å². The number of aliphatic hydroxyl groups is 1. The lowest BCUT2D eigenvalue weighted by Gasteiger charge is -2.35. The van der Waals surface area contributed by atoms with E-state index >= 15 is 0 Å². The average Bonchev–Trinajstić information content (AvgIpc) is 2.45. The predicted octanol–water partition coefficient (Wildman–Crippen LogP) is 2.89. The summed E-state index contributed by atoms with van der Waals surface area (Å²) in [5.41, 5.74) is -0.0836. The number of piperidine rings is 1. The number of aliphatic hydroxyl groups excluding tert-OH is 1. The van der Waals surface area contributed by atoms with Crippen molar-refractivity contribution >= 4 is 0 Å². The third kappa shape index (κ3) is 6.11. The van der Waals surface area contributed by atoms with E-state index in [-0.39, 0.29) is 12.1 Å². The zero-order valence-corrected chi connectivity index (χ0v) is 14.1. The molecule has 0 aromatic rings. The van der Waals surface area contributed by atoms with Crippen molar-refractivity contribution in [3.05, 3.63) is 0 Å². The Hall–Kier alpha value is -0.120. The molecule has 1 fully saturated rings. The molecule has 1 saturated heterocycles. The largest absolute Gasteiger partial charge is 0.394 e. The van der Waals surface area contributed by atoms with Gasteiger partial charge in [-0.2, -0.15) is 0 Å². The van der Waals surface area contributed by atoms with Crippen LogP contribution in [0.2, 0.25) is 0 Å². The molecule has 1 aliphatic heterocycles. The highest BCUT2D eigenvalue weighted by Crippen LogP contribution is 2.23. The highest BCUT2D eigenvalue weighted by atomic mass is 16.3. The number of hydrogen-bond donors (Lipinski definition) is 2. The summed E-state index contributed by atoms with van der Waals surface area (Å²) < 4.78 is 0. The fraction of sp³-hybridized carbons (Fsp3) is 1.00. The van der Waals surface area contributed by atoms with Gasteiger partial charge in [0.25, 0.3) is 0 Å².